The van der Waals surface area contributed by atoms with Gasteiger partial charge in [0.2, 0.25) is 0 Å². The van der Waals surface area contributed by atoms with E-state index in [-0.39, 0.29) is 11.0 Å². The smallest absolute Gasteiger partial charge is 0.141 e. The van der Waals surface area contributed by atoms with Crippen LogP contribution in [0.4, 0.5) is 0 Å². The van der Waals surface area contributed by atoms with Gasteiger partial charge in [0.1, 0.15) is 10.7 Å². The van der Waals surface area contributed by atoms with Gasteiger partial charge in [-0.1, -0.05) is 6.07 Å². The number of nitrogens with zero attached hydrogens (tertiary/aromatic N) is 1. The molecule has 0 aliphatic carbocycles. The van der Waals surface area contributed by atoms with E-state index in [0.29, 0.717) is 0 Å². The summed E-state index contributed by atoms with van der Waals surface area (Å²) >= 11 is 4.14. The minimum atomic E-state index is -2.37. The summed E-state index contributed by atoms with van der Waals surface area (Å²) in [6.07, 6.45) is 3.26. The Bertz CT molecular complexity index is 302. The first-order valence-corrected chi connectivity index (χ1v) is 5.28. The highest BCUT2D eigenvalue weighted by molar-refractivity contribution is 7.82. The summed E-state index contributed by atoms with van der Waals surface area (Å²) in [5, 5.41) is -0.264. The van der Waals surface area contributed by atoms with Gasteiger partial charge in [-0.05, 0) is 11.6 Å². The van der Waals surface area contributed by atoms with Crippen LogP contribution in [0.2, 0.25) is 0 Å². The van der Waals surface area contributed by atoms with E-state index in [1.807, 2.05) is 6.07 Å². The van der Waals surface area contributed by atoms with E-state index in [9.17, 15) is 8.42 Å². The minimum absolute atomic E-state index is 0.0597. The maximum absolute atomic E-state index is 10.4. The zero-order valence-electron chi connectivity index (χ0n) is 6.25. The van der Waals surface area contributed by atoms with Gasteiger partial charge in [0.05, 0.1) is 5.75 Å². The second-order valence-corrected chi connectivity index (χ2v) is 3.97. The van der Waals surface area contributed by atoms with Crippen molar-refractivity contribution in [3.05, 3.63) is 30.1 Å². The molecule has 1 unspecified atom stereocenters. The van der Waals surface area contributed by atoms with Crippen molar-refractivity contribution in [1.29, 1.82) is 0 Å². The van der Waals surface area contributed by atoms with Crippen LogP contribution >= 0.6 is 12.6 Å². The maximum atomic E-state index is 10.4. The van der Waals surface area contributed by atoms with Crippen LogP contribution in [0.25, 0.3) is 0 Å². The second-order valence-electron chi connectivity index (χ2n) is 2.32. The first-order valence-electron chi connectivity index (χ1n) is 3.40. The van der Waals surface area contributed by atoms with Gasteiger partial charge < -0.3 is 0 Å². The molecule has 0 N–H and O–H groups in total. The van der Waals surface area contributed by atoms with Gasteiger partial charge in [-0.15, -0.1) is 0 Å². The lowest BCUT2D eigenvalue weighted by Gasteiger charge is -2.04. The van der Waals surface area contributed by atoms with E-state index >= 15 is 0 Å². The Morgan fingerprint density at radius 1 is 1.58 bits per heavy atom. The van der Waals surface area contributed by atoms with Gasteiger partial charge in [-0.3, -0.25) is 4.98 Å². The Labute approximate surface area is 78.2 Å². The van der Waals surface area contributed by atoms with Crippen molar-refractivity contribution in [2.75, 3.05) is 5.75 Å². The van der Waals surface area contributed by atoms with Crippen LogP contribution < -0.4 is 0 Å². The summed E-state index contributed by atoms with van der Waals surface area (Å²) in [7, 11) is -2.37. The predicted octanol–water partition coefficient (Wildman–Crippen LogP) is 0.664. The monoisotopic (exact) mass is 203 g/mol. The summed E-state index contributed by atoms with van der Waals surface area (Å²) < 4.78 is 20.7. The summed E-state index contributed by atoms with van der Waals surface area (Å²) in [6, 6.07) is 3.57. The molecule has 0 aliphatic rings. The van der Waals surface area contributed by atoms with Crippen LogP contribution in [0, 0.1) is 0 Å². The fourth-order valence-corrected chi connectivity index (χ4v) is 1.87. The normalized spacial score (nSPS) is 13.2. The third-order valence-corrected chi connectivity index (χ3v) is 2.82. The molecule has 0 saturated carbocycles. The molecule has 1 heterocycles. The molecular formula is C7H9NO2S2. The zero-order valence-corrected chi connectivity index (χ0v) is 8.04. The highest BCUT2D eigenvalue weighted by Crippen LogP contribution is 2.17. The van der Waals surface area contributed by atoms with Crippen molar-refractivity contribution in [2.45, 2.75) is 5.25 Å². The Balaban J connectivity index is 2.71. The molecule has 0 aliphatic heterocycles. The van der Waals surface area contributed by atoms with Crippen molar-refractivity contribution in [2.24, 2.45) is 0 Å². The molecule has 0 amide bonds. The molecule has 0 aromatic carbocycles. The molecule has 66 valence electrons. The lowest BCUT2D eigenvalue weighted by atomic mass is 10.2. The predicted molar refractivity (Wildman–Crippen MR) is 51.1 cm³/mol. The number of aromatic nitrogens is 1. The molecular weight excluding hydrogens is 194 g/mol. The Hall–Kier alpha value is -0.550. The first-order chi connectivity index (χ1) is 5.70. The SMILES string of the molecule is O=[SH](=O)CC(S)c1cccnc1. The zero-order chi connectivity index (χ0) is 8.97. The Kier molecular flexibility index (Phi) is 3.55. The van der Waals surface area contributed by atoms with E-state index in [1.165, 1.54) is 0 Å². The number of rotatable bonds is 3. The molecule has 0 bridgehead atoms. The molecule has 1 rings (SSSR count). The van der Waals surface area contributed by atoms with Crippen LogP contribution in [-0.4, -0.2) is 19.2 Å². The standard InChI is InChI=1S/C7H9NO2S2/c9-12(10)5-7(11)6-2-1-3-8-4-6/h1-4,7,11-12H,5H2. The minimum Gasteiger partial charge on any atom is -0.264 e. The third-order valence-electron chi connectivity index (χ3n) is 1.39. The third kappa shape index (κ3) is 2.83. The molecule has 1 aromatic rings. The highest BCUT2D eigenvalue weighted by atomic mass is 32.2. The van der Waals surface area contributed by atoms with Crippen LogP contribution in [-0.2, 0) is 10.7 Å². The van der Waals surface area contributed by atoms with Crippen molar-refractivity contribution in [3.63, 3.8) is 0 Å². The maximum Gasteiger partial charge on any atom is 0.141 e. The summed E-state index contributed by atoms with van der Waals surface area (Å²) in [4.78, 5) is 3.87. The highest BCUT2D eigenvalue weighted by Gasteiger charge is 2.06. The lowest BCUT2D eigenvalue weighted by molar-refractivity contribution is 0.613. The molecule has 0 spiro atoms. The van der Waals surface area contributed by atoms with Gasteiger partial charge in [0.15, 0.2) is 0 Å². The number of pyridine rings is 1. The van der Waals surface area contributed by atoms with E-state index in [2.05, 4.69) is 17.6 Å². The summed E-state index contributed by atoms with van der Waals surface area (Å²) in [5.74, 6) is 0.0597. The average Bonchev–Trinajstić information content (AvgIpc) is 2.05. The molecule has 1 atom stereocenters. The first kappa shape index (κ1) is 9.54. The molecule has 0 fully saturated rings. The topological polar surface area (TPSA) is 47.0 Å². The van der Waals surface area contributed by atoms with Crippen LogP contribution in [0.3, 0.4) is 0 Å². The number of thiol groups is 2. The van der Waals surface area contributed by atoms with Gasteiger partial charge in [0.25, 0.3) is 0 Å². The van der Waals surface area contributed by atoms with E-state index in [0.717, 1.165) is 5.56 Å². The quantitative estimate of drug-likeness (QED) is 0.710. The van der Waals surface area contributed by atoms with Crippen molar-refractivity contribution in [1.82, 2.24) is 4.98 Å². The van der Waals surface area contributed by atoms with Crippen LogP contribution in [0.1, 0.15) is 10.8 Å². The largest absolute Gasteiger partial charge is 0.264 e. The van der Waals surface area contributed by atoms with Gasteiger partial charge >= 0.3 is 0 Å². The number of hydrogen-bond donors (Lipinski definition) is 2. The van der Waals surface area contributed by atoms with Gasteiger partial charge in [0, 0.05) is 17.6 Å². The molecule has 5 heteroatoms. The van der Waals surface area contributed by atoms with Crippen molar-refractivity contribution in [3.8, 4) is 0 Å². The van der Waals surface area contributed by atoms with Gasteiger partial charge in [-0.25, -0.2) is 8.42 Å². The molecule has 12 heavy (non-hydrogen) atoms. The molecule has 3 nitrogen and oxygen atoms in total. The number of hydrogen-bond acceptors (Lipinski definition) is 4. The molecule has 0 radical (unpaired) electrons. The summed E-state index contributed by atoms with van der Waals surface area (Å²) in [6.45, 7) is 0. The molecule has 0 saturated heterocycles. The second kappa shape index (κ2) is 4.47. The van der Waals surface area contributed by atoms with Crippen molar-refractivity contribution < 1.29 is 8.42 Å². The van der Waals surface area contributed by atoms with Crippen molar-refractivity contribution >= 4 is 23.3 Å². The fourth-order valence-electron chi connectivity index (χ4n) is 0.820. The van der Waals surface area contributed by atoms with E-state index in [1.54, 1.807) is 18.5 Å². The van der Waals surface area contributed by atoms with Crippen LogP contribution in [0.15, 0.2) is 24.5 Å². The average molecular weight is 203 g/mol. The lowest BCUT2D eigenvalue weighted by Crippen LogP contribution is -1.98. The fraction of sp³-hybridized carbons (Fsp3) is 0.286. The Morgan fingerprint density at radius 3 is 2.83 bits per heavy atom. The Morgan fingerprint density at radius 2 is 2.33 bits per heavy atom. The summed E-state index contributed by atoms with van der Waals surface area (Å²) in [5.41, 5.74) is 0.833. The van der Waals surface area contributed by atoms with E-state index < -0.39 is 10.7 Å². The van der Waals surface area contributed by atoms with Gasteiger partial charge in [-0.2, -0.15) is 12.6 Å². The van der Waals surface area contributed by atoms with E-state index in [4.69, 9.17) is 0 Å². The van der Waals surface area contributed by atoms with Crippen LogP contribution in [0.5, 0.6) is 0 Å². The molecule has 1 aromatic heterocycles.